The van der Waals surface area contributed by atoms with Gasteiger partial charge < -0.3 is 15.2 Å². The molecular formula is C15H23N3. The van der Waals surface area contributed by atoms with E-state index in [-0.39, 0.29) is 5.54 Å². The van der Waals surface area contributed by atoms with Gasteiger partial charge in [-0.25, -0.2) is 0 Å². The van der Waals surface area contributed by atoms with Gasteiger partial charge in [-0.05, 0) is 50.9 Å². The van der Waals surface area contributed by atoms with Crippen molar-refractivity contribution in [3.8, 4) is 0 Å². The third kappa shape index (κ3) is 1.50. The summed E-state index contributed by atoms with van der Waals surface area (Å²) in [5.74, 6) is 0. The number of rotatable bonds is 0. The van der Waals surface area contributed by atoms with E-state index in [9.17, 15) is 0 Å². The average Bonchev–Trinajstić information content (AvgIpc) is 2.90. The molecule has 1 spiro atoms. The number of nitrogens with one attached hydrogen (secondary N) is 2. The third-order valence-corrected chi connectivity index (χ3v) is 5.27. The van der Waals surface area contributed by atoms with Crippen LogP contribution in [0.25, 0.3) is 0 Å². The lowest BCUT2D eigenvalue weighted by Crippen LogP contribution is -2.60. The van der Waals surface area contributed by atoms with Gasteiger partial charge in [-0.3, -0.25) is 0 Å². The van der Waals surface area contributed by atoms with Crippen molar-refractivity contribution in [2.24, 2.45) is 0 Å². The number of fused-ring (bicyclic) bond motifs is 4. The van der Waals surface area contributed by atoms with E-state index in [4.69, 9.17) is 0 Å². The van der Waals surface area contributed by atoms with E-state index >= 15 is 0 Å². The van der Waals surface area contributed by atoms with Gasteiger partial charge in [0, 0.05) is 24.0 Å². The van der Waals surface area contributed by atoms with Crippen LogP contribution in [0.4, 0.5) is 0 Å². The zero-order valence-electron chi connectivity index (χ0n) is 11.0. The maximum atomic E-state index is 4.05. The molecule has 18 heavy (non-hydrogen) atoms. The zero-order valence-corrected chi connectivity index (χ0v) is 11.0. The van der Waals surface area contributed by atoms with Gasteiger partial charge in [0.2, 0.25) is 0 Å². The predicted octanol–water partition coefficient (Wildman–Crippen LogP) is 2.15. The highest BCUT2D eigenvalue weighted by Crippen LogP contribution is 2.42. The molecule has 3 aliphatic rings. The highest BCUT2D eigenvalue weighted by atomic mass is 15.2. The minimum atomic E-state index is 0.257. The summed E-state index contributed by atoms with van der Waals surface area (Å²) in [6, 6.07) is 6.02. The molecule has 3 heterocycles. The monoisotopic (exact) mass is 245 g/mol. The van der Waals surface area contributed by atoms with Crippen molar-refractivity contribution in [1.82, 2.24) is 15.2 Å². The van der Waals surface area contributed by atoms with E-state index in [1.54, 1.807) is 5.69 Å². The summed E-state index contributed by atoms with van der Waals surface area (Å²) in [4.78, 5) is 0. The number of nitrogens with zero attached hydrogens (tertiary/aromatic N) is 1. The van der Waals surface area contributed by atoms with Gasteiger partial charge in [0.1, 0.15) is 0 Å². The lowest BCUT2D eigenvalue weighted by atomic mass is 9.78. The van der Waals surface area contributed by atoms with Crippen LogP contribution in [0, 0.1) is 0 Å². The standard InChI is InChI=1S/C15H23N3/c1-2-5-13-12(4-1)17-15(7-9-16-10-8-15)14-6-3-11-18(13)14/h3,6,11-13,16-17H,1-2,4-5,7-10H2/t12-,13-/m1/s1. The molecule has 0 aromatic carbocycles. The van der Waals surface area contributed by atoms with Crippen LogP contribution in [0.15, 0.2) is 18.3 Å². The molecular weight excluding hydrogens is 222 g/mol. The van der Waals surface area contributed by atoms with Crippen molar-refractivity contribution in [3.05, 3.63) is 24.0 Å². The molecule has 1 aromatic rings. The largest absolute Gasteiger partial charge is 0.345 e. The highest BCUT2D eigenvalue weighted by Gasteiger charge is 2.44. The number of hydrogen-bond donors (Lipinski definition) is 2. The first kappa shape index (κ1) is 11.1. The Hall–Kier alpha value is -0.800. The van der Waals surface area contributed by atoms with E-state index < -0.39 is 0 Å². The first-order valence-corrected chi connectivity index (χ1v) is 7.55. The van der Waals surface area contributed by atoms with Crippen LogP contribution < -0.4 is 10.6 Å². The Kier molecular flexibility index (Phi) is 2.52. The fourth-order valence-electron chi connectivity index (χ4n) is 4.38. The maximum absolute atomic E-state index is 4.05. The zero-order chi connectivity index (χ0) is 12.0. The van der Waals surface area contributed by atoms with Gasteiger partial charge in [0.05, 0.1) is 5.54 Å². The SMILES string of the molecule is c1cc2n(c1)[C@@H]1CCCC[C@H]1NC21CCNCC1. The molecule has 98 valence electrons. The first-order valence-electron chi connectivity index (χ1n) is 7.55. The van der Waals surface area contributed by atoms with Gasteiger partial charge in [0.25, 0.3) is 0 Å². The van der Waals surface area contributed by atoms with E-state index in [0.29, 0.717) is 12.1 Å². The van der Waals surface area contributed by atoms with Crippen molar-refractivity contribution >= 4 is 0 Å². The molecule has 0 radical (unpaired) electrons. The Balaban J connectivity index is 1.77. The van der Waals surface area contributed by atoms with Crippen molar-refractivity contribution in [1.29, 1.82) is 0 Å². The molecule has 2 atom stereocenters. The quantitative estimate of drug-likeness (QED) is 0.733. The Morgan fingerprint density at radius 3 is 2.89 bits per heavy atom. The Labute approximate surface area is 109 Å². The third-order valence-electron chi connectivity index (χ3n) is 5.27. The molecule has 2 fully saturated rings. The van der Waals surface area contributed by atoms with E-state index in [1.165, 1.54) is 38.5 Å². The van der Waals surface area contributed by atoms with E-state index in [0.717, 1.165) is 13.1 Å². The lowest BCUT2D eigenvalue weighted by Gasteiger charge is -2.50. The van der Waals surface area contributed by atoms with Gasteiger partial charge in [-0.15, -0.1) is 0 Å². The normalized spacial score (nSPS) is 34.0. The van der Waals surface area contributed by atoms with Crippen LogP contribution >= 0.6 is 0 Å². The van der Waals surface area contributed by atoms with Gasteiger partial charge in [-0.1, -0.05) is 12.8 Å². The molecule has 2 N–H and O–H groups in total. The molecule has 4 rings (SSSR count). The van der Waals surface area contributed by atoms with Gasteiger partial charge in [0.15, 0.2) is 0 Å². The Bertz CT molecular complexity index is 431. The smallest absolute Gasteiger partial charge is 0.0615 e. The predicted molar refractivity (Wildman–Crippen MR) is 72.6 cm³/mol. The van der Waals surface area contributed by atoms with Gasteiger partial charge >= 0.3 is 0 Å². The Morgan fingerprint density at radius 2 is 2.00 bits per heavy atom. The van der Waals surface area contributed by atoms with Crippen LogP contribution in [0.3, 0.4) is 0 Å². The Morgan fingerprint density at radius 1 is 1.17 bits per heavy atom. The molecule has 1 aliphatic carbocycles. The fourth-order valence-corrected chi connectivity index (χ4v) is 4.38. The van der Waals surface area contributed by atoms with Crippen LogP contribution in [0.2, 0.25) is 0 Å². The second-order valence-electron chi connectivity index (χ2n) is 6.24. The first-order chi connectivity index (χ1) is 8.89. The van der Waals surface area contributed by atoms with Crippen LogP contribution in [-0.4, -0.2) is 23.7 Å². The minimum Gasteiger partial charge on any atom is -0.345 e. The second-order valence-corrected chi connectivity index (χ2v) is 6.24. The fraction of sp³-hybridized carbons (Fsp3) is 0.733. The summed E-state index contributed by atoms with van der Waals surface area (Å²) >= 11 is 0. The van der Waals surface area contributed by atoms with Crippen molar-refractivity contribution in [2.45, 2.75) is 56.1 Å². The van der Waals surface area contributed by atoms with Crippen molar-refractivity contribution < 1.29 is 0 Å². The molecule has 1 aromatic heterocycles. The number of hydrogen-bond acceptors (Lipinski definition) is 2. The summed E-state index contributed by atoms with van der Waals surface area (Å²) in [5.41, 5.74) is 1.81. The number of piperidine rings is 1. The summed E-state index contributed by atoms with van der Waals surface area (Å²) in [6.07, 6.45) is 10.3. The highest BCUT2D eigenvalue weighted by molar-refractivity contribution is 5.25. The van der Waals surface area contributed by atoms with E-state index in [2.05, 4.69) is 33.5 Å². The minimum absolute atomic E-state index is 0.257. The number of aromatic nitrogens is 1. The molecule has 0 bridgehead atoms. The summed E-state index contributed by atoms with van der Waals surface area (Å²) in [7, 11) is 0. The topological polar surface area (TPSA) is 29.0 Å². The average molecular weight is 245 g/mol. The van der Waals surface area contributed by atoms with Crippen molar-refractivity contribution in [2.75, 3.05) is 13.1 Å². The summed E-state index contributed by atoms with van der Waals surface area (Å²) < 4.78 is 2.60. The molecule has 0 unspecified atom stereocenters. The molecule has 2 aliphatic heterocycles. The van der Waals surface area contributed by atoms with Gasteiger partial charge in [-0.2, -0.15) is 0 Å². The lowest BCUT2D eigenvalue weighted by molar-refractivity contribution is 0.114. The van der Waals surface area contributed by atoms with Crippen LogP contribution in [0.1, 0.15) is 50.3 Å². The molecule has 1 saturated heterocycles. The van der Waals surface area contributed by atoms with Crippen molar-refractivity contribution in [3.63, 3.8) is 0 Å². The second kappa shape index (κ2) is 4.10. The summed E-state index contributed by atoms with van der Waals surface area (Å²) in [6.45, 7) is 2.30. The van der Waals surface area contributed by atoms with E-state index in [1.807, 2.05) is 0 Å². The molecule has 1 saturated carbocycles. The molecule has 3 nitrogen and oxygen atoms in total. The van der Waals surface area contributed by atoms with Crippen LogP contribution in [-0.2, 0) is 5.54 Å². The molecule has 0 amide bonds. The summed E-state index contributed by atoms with van der Waals surface area (Å²) in [5, 5.41) is 7.55. The molecule has 3 heteroatoms. The maximum Gasteiger partial charge on any atom is 0.0615 e. The van der Waals surface area contributed by atoms with Crippen LogP contribution in [0.5, 0.6) is 0 Å².